The lowest BCUT2D eigenvalue weighted by Gasteiger charge is -2.24. The number of allylic oxidation sites excluding steroid dienone is 1. The lowest BCUT2D eigenvalue weighted by atomic mass is 10.2. The molecule has 10 heteroatoms. The van der Waals surface area contributed by atoms with Gasteiger partial charge in [0.05, 0.1) is 13.7 Å². The van der Waals surface area contributed by atoms with E-state index in [0.717, 1.165) is 24.1 Å². The first-order chi connectivity index (χ1) is 12.6. The third-order valence-electron chi connectivity index (χ3n) is 3.50. The first kappa shape index (κ1) is 20.8. The Bertz CT molecular complexity index is 815. The molecule has 27 heavy (non-hydrogen) atoms. The number of halogens is 4. The summed E-state index contributed by atoms with van der Waals surface area (Å²) in [6.45, 7) is 2.98. The fourth-order valence-electron chi connectivity index (χ4n) is 2.35. The summed E-state index contributed by atoms with van der Waals surface area (Å²) in [6.07, 6.45) is -5.04. The highest BCUT2D eigenvalue weighted by molar-refractivity contribution is 8.08. The number of rotatable bonds is 4. The molecular formula is C17H15F4NO4S. The summed E-state index contributed by atoms with van der Waals surface area (Å²) in [7, 11) is 0.822. The van der Waals surface area contributed by atoms with Gasteiger partial charge in [-0.3, -0.25) is 0 Å². The Kier molecular flexibility index (Phi) is 6.19. The molecule has 0 saturated heterocycles. The second-order valence-electron chi connectivity index (χ2n) is 5.22. The maximum Gasteiger partial charge on any atom is 0.425 e. The number of methoxy groups -OCH3 is 1. The highest BCUT2D eigenvalue weighted by atomic mass is 32.2. The van der Waals surface area contributed by atoms with Crippen molar-refractivity contribution in [3.8, 4) is 0 Å². The van der Waals surface area contributed by atoms with Crippen LogP contribution in [0.15, 0.2) is 45.5 Å². The number of alkyl halides is 3. The maximum atomic E-state index is 13.6. The molecule has 0 amide bonds. The smallest absolute Gasteiger partial charge is 0.425 e. The van der Waals surface area contributed by atoms with Crippen molar-refractivity contribution in [2.45, 2.75) is 20.0 Å². The molecule has 1 aliphatic rings. The van der Waals surface area contributed by atoms with Crippen LogP contribution in [-0.4, -0.2) is 31.8 Å². The van der Waals surface area contributed by atoms with E-state index in [0.29, 0.717) is 11.8 Å². The molecule has 1 aliphatic heterocycles. The van der Waals surface area contributed by atoms with Crippen LogP contribution in [-0.2, 0) is 19.1 Å². The number of ether oxygens (including phenoxy) is 2. The summed E-state index contributed by atoms with van der Waals surface area (Å²) in [5, 5.41) is -0.568. The zero-order valence-electron chi connectivity index (χ0n) is 14.5. The molecule has 0 bridgehead atoms. The Hall–Kier alpha value is -2.49. The van der Waals surface area contributed by atoms with Gasteiger partial charge in [-0.15, -0.1) is 0 Å². The van der Waals surface area contributed by atoms with E-state index in [4.69, 9.17) is 4.74 Å². The molecule has 2 rings (SSSR count). The zero-order chi connectivity index (χ0) is 20.4. The Morgan fingerprint density at radius 3 is 2.26 bits per heavy atom. The van der Waals surface area contributed by atoms with Gasteiger partial charge in [-0.25, -0.2) is 14.0 Å². The summed E-state index contributed by atoms with van der Waals surface area (Å²) < 4.78 is 63.1. The van der Waals surface area contributed by atoms with E-state index >= 15 is 0 Å². The average Bonchev–Trinajstić information content (AvgIpc) is 2.91. The van der Waals surface area contributed by atoms with Crippen LogP contribution in [0.1, 0.15) is 13.8 Å². The minimum atomic E-state index is -5.04. The number of hydrogen-bond acceptors (Lipinski definition) is 6. The van der Waals surface area contributed by atoms with E-state index in [1.54, 1.807) is 6.92 Å². The maximum absolute atomic E-state index is 13.6. The molecule has 0 unspecified atom stereocenters. The average molecular weight is 405 g/mol. The number of hydrogen-bond donors (Lipinski definition) is 0. The largest absolute Gasteiger partial charge is 0.465 e. The van der Waals surface area contributed by atoms with Crippen LogP contribution < -0.4 is 4.90 Å². The van der Waals surface area contributed by atoms with Crippen LogP contribution in [0.3, 0.4) is 0 Å². The quantitative estimate of drug-likeness (QED) is 0.427. The lowest BCUT2D eigenvalue weighted by Crippen LogP contribution is -2.28. The Morgan fingerprint density at radius 2 is 1.78 bits per heavy atom. The van der Waals surface area contributed by atoms with E-state index in [-0.39, 0.29) is 22.9 Å². The standard InChI is InChI=1S/C17H15F4NO4S/c1-4-26-16(24)13-9(2)22(11-7-5-10(18)6-8-11)14(27-13)12(15(23)25-3)17(19,20)21/h5-8H,4H2,1-3H3/b14-12+. The Labute approximate surface area is 156 Å². The van der Waals surface area contributed by atoms with Crippen LogP contribution in [0, 0.1) is 5.82 Å². The number of carbonyl (C=O) groups excluding carboxylic acids is 2. The van der Waals surface area contributed by atoms with Gasteiger partial charge in [0, 0.05) is 11.4 Å². The van der Waals surface area contributed by atoms with Crippen molar-refractivity contribution in [1.82, 2.24) is 0 Å². The van der Waals surface area contributed by atoms with Crippen LogP contribution in [0.4, 0.5) is 23.2 Å². The van der Waals surface area contributed by atoms with Gasteiger partial charge in [0.25, 0.3) is 0 Å². The summed E-state index contributed by atoms with van der Waals surface area (Å²) in [5.41, 5.74) is -1.31. The van der Waals surface area contributed by atoms with Crippen LogP contribution in [0.2, 0.25) is 0 Å². The van der Waals surface area contributed by atoms with Gasteiger partial charge in [-0.05, 0) is 38.1 Å². The molecular weight excluding hydrogens is 390 g/mol. The molecule has 0 fully saturated rings. The molecule has 0 saturated carbocycles. The summed E-state index contributed by atoms with van der Waals surface area (Å²) in [4.78, 5) is 24.9. The molecule has 5 nitrogen and oxygen atoms in total. The van der Waals surface area contributed by atoms with Gasteiger partial charge in [-0.2, -0.15) is 13.2 Å². The third-order valence-corrected chi connectivity index (χ3v) is 4.74. The SMILES string of the molecule is CCOC(=O)C1=C(C)N(c2ccc(F)cc2)/C(=C(/C(=O)OC)C(F)(F)F)S1. The first-order valence-corrected chi connectivity index (χ1v) is 8.44. The normalized spacial score (nSPS) is 16.5. The molecule has 0 N–H and O–H groups in total. The molecule has 1 aromatic carbocycles. The van der Waals surface area contributed by atoms with Crippen LogP contribution in [0.25, 0.3) is 0 Å². The monoisotopic (exact) mass is 405 g/mol. The van der Waals surface area contributed by atoms with Crippen molar-refractivity contribution < 1.29 is 36.6 Å². The van der Waals surface area contributed by atoms with Crippen molar-refractivity contribution in [3.05, 3.63) is 51.3 Å². The van der Waals surface area contributed by atoms with Crippen LogP contribution >= 0.6 is 11.8 Å². The van der Waals surface area contributed by atoms with Gasteiger partial charge >= 0.3 is 18.1 Å². The van der Waals surface area contributed by atoms with Crippen LogP contribution in [0.5, 0.6) is 0 Å². The van der Waals surface area contributed by atoms with E-state index in [1.807, 2.05) is 0 Å². The Morgan fingerprint density at radius 1 is 1.19 bits per heavy atom. The molecule has 0 aliphatic carbocycles. The predicted octanol–water partition coefficient (Wildman–Crippen LogP) is 4.12. The lowest BCUT2D eigenvalue weighted by molar-refractivity contribution is -0.148. The number of anilines is 1. The molecule has 0 spiro atoms. The van der Waals surface area contributed by atoms with Crippen molar-refractivity contribution in [2.75, 3.05) is 18.6 Å². The number of esters is 2. The van der Waals surface area contributed by atoms with E-state index in [9.17, 15) is 27.2 Å². The van der Waals surface area contributed by atoms with Gasteiger partial charge in [0.1, 0.15) is 15.8 Å². The summed E-state index contributed by atoms with van der Waals surface area (Å²) in [5.74, 6) is -3.02. The van der Waals surface area contributed by atoms with E-state index < -0.39 is 34.5 Å². The topological polar surface area (TPSA) is 55.8 Å². The minimum Gasteiger partial charge on any atom is -0.465 e. The second-order valence-corrected chi connectivity index (χ2v) is 6.22. The van der Waals surface area contributed by atoms with E-state index in [1.165, 1.54) is 19.1 Å². The van der Waals surface area contributed by atoms with Crippen molar-refractivity contribution in [2.24, 2.45) is 0 Å². The number of thioether (sulfide) groups is 1. The predicted molar refractivity (Wildman–Crippen MR) is 90.9 cm³/mol. The van der Waals surface area contributed by atoms with E-state index in [2.05, 4.69) is 4.74 Å². The van der Waals surface area contributed by atoms with Gasteiger partial charge in [0.2, 0.25) is 0 Å². The highest BCUT2D eigenvalue weighted by Crippen LogP contribution is 2.48. The molecule has 0 aromatic heterocycles. The fraction of sp³-hybridized carbons (Fsp3) is 0.294. The summed E-state index contributed by atoms with van der Waals surface area (Å²) >= 11 is 0.449. The second kappa shape index (κ2) is 8.03. The zero-order valence-corrected chi connectivity index (χ0v) is 15.3. The molecule has 1 aromatic rings. The Balaban J connectivity index is 2.71. The van der Waals surface area contributed by atoms with Gasteiger partial charge < -0.3 is 14.4 Å². The summed E-state index contributed by atoms with van der Waals surface area (Å²) in [6, 6.07) is 4.58. The highest BCUT2D eigenvalue weighted by Gasteiger charge is 2.47. The van der Waals surface area contributed by atoms with Crippen molar-refractivity contribution >= 4 is 29.4 Å². The molecule has 1 heterocycles. The third kappa shape index (κ3) is 4.26. The molecule has 146 valence electrons. The van der Waals surface area contributed by atoms with Crippen molar-refractivity contribution in [1.29, 1.82) is 0 Å². The number of carbonyl (C=O) groups is 2. The number of benzene rings is 1. The molecule has 0 atom stereocenters. The minimum absolute atomic E-state index is 0.0227. The fourth-order valence-corrected chi connectivity index (χ4v) is 3.56. The first-order valence-electron chi connectivity index (χ1n) is 7.63. The van der Waals surface area contributed by atoms with Gasteiger partial charge in [-0.1, -0.05) is 11.8 Å². The van der Waals surface area contributed by atoms with Crippen molar-refractivity contribution in [3.63, 3.8) is 0 Å². The van der Waals surface area contributed by atoms with Gasteiger partial charge in [0.15, 0.2) is 5.57 Å². The molecule has 0 radical (unpaired) electrons. The number of nitrogens with zero attached hydrogens (tertiary/aromatic N) is 1.